The van der Waals surface area contributed by atoms with Gasteiger partial charge in [-0.2, -0.15) is 0 Å². The Morgan fingerprint density at radius 3 is 2.95 bits per heavy atom. The molecule has 1 aliphatic carbocycles. The van der Waals surface area contributed by atoms with Crippen LogP contribution in [0.3, 0.4) is 0 Å². The van der Waals surface area contributed by atoms with E-state index in [1.807, 2.05) is 0 Å². The number of hydrogen-bond donors (Lipinski definition) is 2. The number of hydrogen-bond acceptors (Lipinski definition) is 3. The summed E-state index contributed by atoms with van der Waals surface area (Å²) in [5.41, 5.74) is 1.37. The van der Waals surface area contributed by atoms with Crippen LogP contribution in [-0.2, 0) is 19.4 Å². The molecule has 0 unspecified atom stereocenters. The molecule has 1 saturated heterocycles. The number of fused-ring (bicyclic) bond motifs is 3. The van der Waals surface area contributed by atoms with Crippen molar-refractivity contribution in [2.75, 3.05) is 13.1 Å². The van der Waals surface area contributed by atoms with Crippen LogP contribution in [0.2, 0.25) is 0 Å². The first kappa shape index (κ1) is 14.4. The zero-order chi connectivity index (χ0) is 15.1. The third-order valence-corrected chi connectivity index (χ3v) is 6.34. The Morgan fingerprint density at radius 1 is 1.32 bits per heavy atom. The van der Waals surface area contributed by atoms with Crippen LogP contribution in [0.25, 0.3) is 10.2 Å². The summed E-state index contributed by atoms with van der Waals surface area (Å²) in [6.45, 7) is 5.58. The van der Waals surface area contributed by atoms with E-state index >= 15 is 0 Å². The van der Waals surface area contributed by atoms with Crippen LogP contribution < -0.4 is 10.5 Å². The Kier molecular flexibility index (Phi) is 3.78. The average molecular weight is 318 g/mol. The molecule has 0 amide bonds. The van der Waals surface area contributed by atoms with Gasteiger partial charge in [-0.15, -0.1) is 11.3 Å². The maximum atomic E-state index is 12.6. The summed E-state index contributed by atoms with van der Waals surface area (Å²) >= 11 is 1.75. The van der Waals surface area contributed by atoms with Gasteiger partial charge in [-0.25, -0.2) is 4.98 Å². The Labute approximate surface area is 134 Å². The van der Waals surface area contributed by atoms with E-state index in [1.54, 1.807) is 16.2 Å². The zero-order valence-electron chi connectivity index (χ0n) is 13.2. The Morgan fingerprint density at radius 2 is 2.14 bits per heavy atom. The van der Waals surface area contributed by atoms with Crippen molar-refractivity contribution in [2.45, 2.75) is 52.0 Å². The van der Waals surface area contributed by atoms with Crippen molar-refractivity contribution in [3.05, 3.63) is 26.6 Å². The number of aromatic amines is 1. The second kappa shape index (κ2) is 5.78. The minimum Gasteiger partial charge on any atom is -0.329 e. The number of likely N-dealkylation sites (tertiary alicyclic amines) is 1. The Balaban J connectivity index is 1.69. The highest BCUT2D eigenvalue weighted by atomic mass is 32.1. The summed E-state index contributed by atoms with van der Waals surface area (Å²) in [6, 6.07) is 0. The largest absolute Gasteiger partial charge is 0.329 e. The van der Waals surface area contributed by atoms with Crippen LogP contribution in [0.5, 0.6) is 0 Å². The molecule has 1 atom stereocenters. The van der Waals surface area contributed by atoms with E-state index in [1.165, 1.54) is 49.2 Å². The third-order valence-electron chi connectivity index (χ3n) is 5.19. The zero-order valence-corrected chi connectivity index (χ0v) is 14.0. The van der Waals surface area contributed by atoms with Crippen LogP contribution >= 0.6 is 11.3 Å². The summed E-state index contributed by atoms with van der Waals surface area (Å²) in [4.78, 5) is 24.3. The van der Waals surface area contributed by atoms with E-state index in [2.05, 4.69) is 11.9 Å². The lowest BCUT2D eigenvalue weighted by atomic mass is 9.89. The number of aromatic nitrogens is 2. The molecule has 2 aliphatic rings. The first-order valence-electron chi connectivity index (χ1n) is 8.57. The predicted molar refractivity (Wildman–Crippen MR) is 89.7 cm³/mol. The molecule has 0 spiro atoms. The van der Waals surface area contributed by atoms with E-state index < -0.39 is 0 Å². The third kappa shape index (κ3) is 2.61. The molecule has 3 heterocycles. The molecule has 0 aromatic carbocycles. The second-order valence-electron chi connectivity index (χ2n) is 7.03. The molecule has 22 heavy (non-hydrogen) atoms. The summed E-state index contributed by atoms with van der Waals surface area (Å²) < 4.78 is 0. The van der Waals surface area contributed by atoms with Crippen LogP contribution in [0, 0.1) is 5.92 Å². The number of rotatable bonds is 2. The number of quaternary nitrogens is 1. The number of aryl methyl sites for hydroxylation is 1. The first-order chi connectivity index (χ1) is 10.7. The predicted octanol–water partition coefficient (Wildman–Crippen LogP) is 1.68. The molecule has 0 radical (unpaired) electrons. The number of piperidine rings is 1. The highest BCUT2D eigenvalue weighted by Crippen LogP contribution is 2.35. The second-order valence-corrected chi connectivity index (χ2v) is 8.12. The standard InChI is InChI=1S/C17H23N3OS/c1-11-5-6-12-13(9-11)22-17-15(12)16(21)18-14(19-17)10-20-7-3-2-4-8-20/h11H,2-10H2,1H3,(H,18,19,21)/p+1/t11-/m1/s1. The van der Waals surface area contributed by atoms with Crippen molar-refractivity contribution in [1.29, 1.82) is 0 Å². The van der Waals surface area contributed by atoms with E-state index in [-0.39, 0.29) is 5.56 Å². The fourth-order valence-corrected chi connectivity index (χ4v) is 5.34. The van der Waals surface area contributed by atoms with Crippen molar-refractivity contribution in [3.8, 4) is 0 Å². The summed E-state index contributed by atoms with van der Waals surface area (Å²) in [5.74, 6) is 1.61. The van der Waals surface area contributed by atoms with Gasteiger partial charge in [0.05, 0.1) is 18.5 Å². The van der Waals surface area contributed by atoms with Gasteiger partial charge in [0.15, 0.2) is 5.82 Å². The highest BCUT2D eigenvalue weighted by molar-refractivity contribution is 7.18. The quantitative estimate of drug-likeness (QED) is 0.885. The van der Waals surface area contributed by atoms with Crippen molar-refractivity contribution in [1.82, 2.24) is 9.97 Å². The van der Waals surface area contributed by atoms with Gasteiger partial charge >= 0.3 is 0 Å². The van der Waals surface area contributed by atoms with Gasteiger partial charge in [-0.3, -0.25) is 4.79 Å². The van der Waals surface area contributed by atoms with E-state index in [4.69, 9.17) is 4.98 Å². The molecular weight excluding hydrogens is 294 g/mol. The highest BCUT2D eigenvalue weighted by Gasteiger charge is 2.23. The molecule has 2 N–H and O–H groups in total. The average Bonchev–Trinajstić information content (AvgIpc) is 2.85. The molecule has 118 valence electrons. The number of H-pyrrole nitrogens is 1. The summed E-state index contributed by atoms with van der Waals surface area (Å²) in [5, 5.41) is 0.879. The monoisotopic (exact) mass is 318 g/mol. The van der Waals surface area contributed by atoms with Gasteiger partial charge in [0.2, 0.25) is 0 Å². The van der Waals surface area contributed by atoms with Crippen molar-refractivity contribution in [2.24, 2.45) is 5.92 Å². The van der Waals surface area contributed by atoms with E-state index in [0.29, 0.717) is 0 Å². The van der Waals surface area contributed by atoms with Crippen LogP contribution in [0.15, 0.2) is 4.79 Å². The smallest absolute Gasteiger partial charge is 0.260 e. The fourth-order valence-electron chi connectivity index (χ4n) is 3.94. The molecule has 5 heteroatoms. The maximum absolute atomic E-state index is 12.6. The van der Waals surface area contributed by atoms with Gasteiger partial charge in [0.1, 0.15) is 11.4 Å². The minimum atomic E-state index is 0.0865. The van der Waals surface area contributed by atoms with Crippen LogP contribution in [0.1, 0.15) is 48.9 Å². The molecule has 4 rings (SSSR count). The lowest BCUT2D eigenvalue weighted by Gasteiger charge is -2.22. The minimum absolute atomic E-state index is 0.0865. The summed E-state index contributed by atoms with van der Waals surface area (Å²) in [6.07, 6.45) is 7.29. The van der Waals surface area contributed by atoms with Crippen LogP contribution in [0.4, 0.5) is 0 Å². The Hall–Kier alpha value is -1.20. The molecule has 4 nitrogen and oxygen atoms in total. The van der Waals surface area contributed by atoms with Crippen molar-refractivity contribution < 1.29 is 4.90 Å². The fraction of sp³-hybridized carbons (Fsp3) is 0.647. The van der Waals surface area contributed by atoms with Crippen molar-refractivity contribution in [3.63, 3.8) is 0 Å². The van der Waals surface area contributed by atoms with Gasteiger partial charge in [0, 0.05) is 4.88 Å². The van der Waals surface area contributed by atoms with Crippen LogP contribution in [-0.4, -0.2) is 23.1 Å². The van der Waals surface area contributed by atoms with E-state index in [9.17, 15) is 4.79 Å². The normalized spacial score (nSPS) is 22.9. The Bertz CT molecular complexity index is 742. The van der Waals surface area contributed by atoms with Gasteiger partial charge in [0.25, 0.3) is 5.56 Å². The van der Waals surface area contributed by atoms with Gasteiger partial charge in [-0.05, 0) is 50.0 Å². The lowest BCUT2D eigenvalue weighted by Crippen LogP contribution is -3.11. The molecule has 0 saturated carbocycles. The van der Waals surface area contributed by atoms with Gasteiger partial charge in [-0.1, -0.05) is 6.92 Å². The number of nitrogens with zero attached hydrogens (tertiary/aromatic N) is 1. The number of nitrogens with one attached hydrogen (secondary N) is 2. The first-order valence-corrected chi connectivity index (χ1v) is 9.39. The molecule has 2 aromatic heterocycles. The maximum Gasteiger partial charge on any atom is 0.260 e. The molecule has 0 bridgehead atoms. The number of thiophene rings is 1. The molecule has 1 fully saturated rings. The molecular formula is C17H24N3OS+. The lowest BCUT2D eigenvalue weighted by molar-refractivity contribution is -0.919. The SMILES string of the molecule is C[C@@H]1CCc2c(sc3nc(C[NH+]4CCCCC4)[nH]c(=O)c23)C1. The van der Waals surface area contributed by atoms with Gasteiger partial charge < -0.3 is 9.88 Å². The molecule has 2 aromatic rings. The van der Waals surface area contributed by atoms with Crippen molar-refractivity contribution >= 4 is 21.6 Å². The topological polar surface area (TPSA) is 50.2 Å². The summed E-state index contributed by atoms with van der Waals surface area (Å²) in [7, 11) is 0. The van der Waals surface area contributed by atoms with E-state index in [0.717, 1.165) is 41.3 Å². The molecule has 1 aliphatic heterocycles.